The first-order chi connectivity index (χ1) is 5.11. The second-order valence-electron chi connectivity index (χ2n) is 2.50. The van der Waals surface area contributed by atoms with Gasteiger partial charge in [0.05, 0.1) is 13.5 Å². The number of Topliss-reactive ketones (excluding diaryl/α,β-unsaturated/α-hetero) is 1. The van der Waals surface area contributed by atoms with Crippen molar-refractivity contribution in [1.82, 2.24) is 0 Å². The summed E-state index contributed by atoms with van der Waals surface area (Å²) in [6.07, 6.45) is 0.682. The van der Waals surface area contributed by atoms with Crippen LogP contribution in [0.3, 0.4) is 0 Å². The minimum absolute atomic E-state index is 0.107. The Morgan fingerprint density at radius 3 is 2.36 bits per heavy atom. The first kappa shape index (κ1) is 10.1. The van der Waals surface area contributed by atoms with E-state index in [-0.39, 0.29) is 24.1 Å². The third kappa shape index (κ3) is 3.75. The van der Waals surface area contributed by atoms with Crippen molar-refractivity contribution in [3.63, 3.8) is 0 Å². The van der Waals surface area contributed by atoms with Gasteiger partial charge in [-0.2, -0.15) is 0 Å². The predicted molar refractivity (Wildman–Crippen MR) is 41.1 cm³/mol. The van der Waals surface area contributed by atoms with Crippen LogP contribution < -0.4 is 0 Å². The van der Waals surface area contributed by atoms with Crippen molar-refractivity contribution in [2.45, 2.75) is 26.7 Å². The molecule has 0 radical (unpaired) electrons. The second-order valence-corrected chi connectivity index (χ2v) is 2.50. The molecule has 0 fully saturated rings. The van der Waals surface area contributed by atoms with Gasteiger partial charge in [0, 0.05) is 12.3 Å². The van der Waals surface area contributed by atoms with E-state index in [1.54, 1.807) is 13.8 Å². The second kappa shape index (κ2) is 4.88. The van der Waals surface area contributed by atoms with Gasteiger partial charge in [-0.1, -0.05) is 13.8 Å². The lowest BCUT2D eigenvalue weighted by molar-refractivity contribution is -0.143. The molecule has 64 valence electrons. The van der Waals surface area contributed by atoms with Crippen molar-refractivity contribution in [3.8, 4) is 0 Å². The van der Waals surface area contributed by atoms with Crippen LogP contribution in [0.4, 0.5) is 0 Å². The van der Waals surface area contributed by atoms with E-state index in [1.807, 2.05) is 0 Å². The Bertz CT molecular complexity index is 151. The summed E-state index contributed by atoms with van der Waals surface area (Å²) in [5.41, 5.74) is 0. The Balaban J connectivity index is 3.77. The molecule has 3 nitrogen and oxygen atoms in total. The lowest BCUT2D eigenvalue weighted by Crippen LogP contribution is -2.15. The number of methoxy groups -OCH3 is 1. The van der Waals surface area contributed by atoms with Crippen LogP contribution in [-0.2, 0) is 14.3 Å². The molecule has 0 heterocycles. The van der Waals surface area contributed by atoms with Crippen LogP contribution in [0.1, 0.15) is 26.7 Å². The summed E-state index contributed by atoms with van der Waals surface area (Å²) in [6, 6.07) is 0. The van der Waals surface area contributed by atoms with Crippen LogP contribution in [0, 0.1) is 5.92 Å². The molecule has 0 bridgehead atoms. The topological polar surface area (TPSA) is 43.4 Å². The molecule has 1 atom stereocenters. The number of hydrogen-bond donors (Lipinski definition) is 0. The average molecular weight is 158 g/mol. The number of hydrogen-bond acceptors (Lipinski definition) is 3. The lowest BCUT2D eigenvalue weighted by atomic mass is 10.0. The molecule has 0 saturated carbocycles. The maximum atomic E-state index is 11.0. The zero-order valence-electron chi connectivity index (χ0n) is 7.22. The van der Waals surface area contributed by atoms with Crippen LogP contribution in [0.15, 0.2) is 0 Å². The van der Waals surface area contributed by atoms with Crippen LogP contribution in [0.5, 0.6) is 0 Å². The number of esters is 1. The molecule has 0 aromatic rings. The van der Waals surface area contributed by atoms with Gasteiger partial charge in [-0.15, -0.1) is 0 Å². The Morgan fingerprint density at radius 1 is 1.45 bits per heavy atom. The summed E-state index contributed by atoms with van der Waals surface area (Å²) in [7, 11) is 1.32. The highest BCUT2D eigenvalue weighted by Crippen LogP contribution is 2.06. The number of rotatable bonds is 4. The molecule has 0 aliphatic heterocycles. The van der Waals surface area contributed by atoms with Gasteiger partial charge in [0.25, 0.3) is 0 Å². The molecule has 0 spiro atoms. The van der Waals surface area contributed by atoms with Crippen molar-refractivity contribution in [1.29, 1.82) is 0 Å². The molecular weight excluding hydrogens is 144 g/mol. The van der Waals surface area contributed by atoms with Gasteiger partial charge in [-0.3, -0.25) is 9.59 Å². The van der Waals surface area contributed by atoms with Gasteiger partial charge in [0.1, 0.15) is 5.78 Å². The summed E-state index contributed by atoms with van der Waals surface area (Å²) in [5.74, 6) is -0.415. The quantitative estimate of drug-likeness (QED) is 0.577. The van der Waals surface area contributed by atoms with E-state index in [4.69, 9.17) is 0 Å². The summed E-state index contributed by atoms with van der Waals surface area (Å²) in [4.78, 5) is 21.6. The van der Waals surface area contributed by atoms with Gasteiger partial charge in [-0.25, -0.2) is 0 Å². The molecule has 0 aromatic heterocycles. The number of ketones is 1. The molecule has 3 heteroatoms. The SMILES string of the molecule is CCC(=O)[C@@H](C)CC(=O)OC. The van der Waals surface area contributed by atoms with Crippen LogP contribution in [-0.4, -0.2) is 18.9 Å². The summed E-state index contributed by atoms with van der Waals surface area (Å²) in [5, 5.41) is 0. The molecule has 0 aromatic carbocycles. The fourth-order valence-corrected chi connectivity index (χ4v) is 0.796. The Kier molecular flexibility index (Phi) is 4.50. The molecule has 0 saturated heterocycles. The summed E-state index contributed by atoms with van der Waals surface area (Å²) >= 11 is 0. The molecule has 0 aliphatic rings. The number of carbonyl (C=O) groups is 2. The standard InChI is InChI=1S/C8H14O3/c1-4-7(9)6(2)5-8(10)11-3/h6H,4-5H2,1-3H3/t6-/m0/s1. The third-order valence-electron chi connectivity index (χ3n) is 1.60. The monoisotopic (exact) mass is 158 g/mol. The van der Waals surface area contributed by atoms with E-state index in [9.17, 15) is 9.59 Å². The van der Waals surface area contributed by atoms with E-state index in [1.165, 1.54) is 7.11 Å². The summed E-state index contributed by atoms with van der Waals surface area (Å²) in [6.45, 7) is 3.53. The molecule has 0 unspecified atom stereocenters. The van der Waals surface area contributed by atoms with Gasteiger partial charge < -0.3 is 4.74 Å². The van der Waals surface area contributed by atoms with Crippen LogP contribution in [0.2, 0.25) is 0 Å². The van der Waals surface area contributed by atoms with Crippen LogP contribution >= 0.6 is 0 Å². The van der Waals surface area contributed by atoms with Crippen molar-refractivity contribution < 1.29 is 14.3 Å². The zero-order valence-corrected chi connectivity index (χ0v) is 7.22. The van der Waals surface area contributed by atoms with Crippen molar-refractivity contribution in [2.24, 2.45) is 5.92 Å². The maximum Gasteiger partial charge on any atom is 0.306 e. The molecular formula is C8H14O3. The minimum atomic E-state index is -0.320. The van der Waals surface area contributed by atoms with Crippen molar-refractivity contribution in [2.75, 3.05) is 7.11 Å². The van der Waals surface area contributed by atoms with E-state index in [0.717, 1.165) is 0 Å². The number of carbonyl (C=O) groups excluding carboxylic acids is 2. The minimum Gasteiger partial charge on any atom is -0.469 e. The van der Waals surface area contributed by atoms with Gasteiger partial charge >= 0.3 is 5.97 Å². The predicted octanol–water partition coefficient (Wildman–Crippen LogP) is 1.16. The van der Waals surface area contributed by atoms with Gasteiger partial charge in [-0.05, 0) is 0 Å². The Morgan fingerprint density at radius 2 is 2.00 bits per heavy atom. The Labute approximate surface area is 66.7 Å². The third-order valence-corrected chi connectivity index (χ3v) is 1.60. The molecule has 0 N–H and O–H groups in total. The molecule has 0 rings (SSSR count). The van der Waals surface area contributed by atoms with E-state index in [2.05, 4.69) is 4.74 Å². The lowest BCUT2D eigenvalue weighted by Gasteiger charge is -2.05. The largest absolute Gasteiger partial charge is 0.469 e. The zero-order chi connectivity index (χ0) is 8.85. The van der Waals surface area contributed by atoms with Crippen molar-refractivity contribution >= 4 is 11.8 Å². The molecule has 0 amide bonds. The van der Waals surface area contributed by atoms with E-state index in [0.29, 0.717) is 6.42 Å². The Hall–Kier alpha value is -0.860. The summed E-state index contributed by atoms with van der Waals surface area (Å²) < 4.78 is 4.42. The highest BCUT2D eigenvalue weighted by molar-refractivity contribution is 5.84. The van der Waals surface area contributed by atoms with Gasteiger partial charge in [0.15, 0.2) is 0 Å². The fraction of sp³-hybridized carbons (Fsp3) is 0.750. The van der Waals surface area contributed by atoms with E-state index >= 15 is 0 Å². The van der Waals surface area contributed by atoms with Crippen LogP contribution in [0.25, 0.3) is 0 Å². The number of ether oxygens (including phenoxy) is 1. The smallest absolute Gasteiger partial charge is 0.306 e. The normalized spacial score (nSPS) is 12.3. The fourth-order valence-electron chi connectivity index (χ4n) is 0.796. The van der Waals surface area contributed by atoms with Crippen molar-refractivity contribution in [3.05, 3.63) is 0 Å². The van der Waals surface area contributed by atoms with Gasteiger partial charge in [0.2, 0.25) is 0 Å². The highest BCUT2D eigenvalue weighted by atomic mass is 16.5. The first-order valence-corrected chi connectivity index (χ1v) is 3.71. The molecule has 11 heavy (non-hydrogen) atoms. The van der Waals surface area contributed by atoms with E-state index < -0.39 is 0 Å². The maximum absolute atomic E-state index is 11.0. The average Bonchev–Trinajstić information content (AvgIpc) is 2.02. The first-order valence-electron chi connectivity index (χ1n) is 3.71. The highest BCUT2D eigenvalue weighted by Gasteiger charge is 2.14. The molecule has 0 aliphatic carbocycles.